The zero-order valence-corrected chi connectivity index (χ0v) is 8.52. The minimum absolute atomic E-state index is 0.145. The Morgan fingerprint density at radius 2 is 2.33 bits per heavy atom. The Labute approximate surface area is 89.9 Å². The molecule has 0 aliphatic heterocycles. The minimum atomic E-state index is -1.15. The Hall–Kier alpha value is -1.75. The fourth-order valence-electron chi connectivity index (χ4n) is 1.37. The average molecular weight is 227 g/mol. The van der Waals surface area contributed by atoms with Gasteiger partial charge < -0.3 is 9.84 Å². The normalized spacial score (nSPS) is 10.5. The van der Waals surface area contributed by atoms with E-state index >= 15 is 0 Å². The molecule has 0 unspecified atom stereocenters. The van der Waals surface area contributed by atoms with E-state index in [-0.39, 0.29) is 11.0 Å². The largest absolute Gasteiger partial charge is 0.482 e. The van der Waals surface area contributed by atoms with Gasteiger partial charge >= 0.3 is 5.97 Å². The molecule has 5 nitrogen and oxygen atoms in total. The molecular weight excluding hydrogens is 220 g/mol. The summed E-state index contributed by atoms with van der Waals surface area (Å²) in [5.41, 5.74) is 0.508. The third-order valence-electron chi connectivity index (χ3n) is 1.98. The summed E-state index contributed by atoms with van der Waals surface area (Å²) in [5, 5.41) is 9.06. The van der Waals surface area contributed by atoms with Crippen molar-refractivity contribution in [2.75, 3.05) is 7.11 Å². The molecule has 0 bridgehead atoms. The molecule has 0 spiro atoms. The molecular formula is C9H7ClN2O3. The number of hydrogen-bond donors (Lipinski definition) is 1. The number of ether oxygens (including phenoxy) is 1. The number of aromatic nitrogens is 2. The smallest absolute Gasteiger partial charge is 0.372 e. The van der Waals surface area contributed by atoms with Crippen LogP contribution in [0.3, 0.4) is 0 Å². The van der Waals surface area contributed by atoms with Crippen LogP contribution in [0.5, 0.6) is 5.88 Å². The molecule has 0 amide bonds. The molecule has 2 aromatic heterocycles. The van der Waals surface area contributed by atoms with E-state index in [0.717, 1.165) is 0 Å². The lowest BCUT2D eigenvalue weighted by molar-refractivity contribution is 0.0681. The van der Waals surface area contributed by atoms with Crippen LogP contribution in [0.25, 0.3) is 5.52 Å². The second-order valence-electron chi connectivity index (χ2n) is 2.82. The Morgan fingerprint density at radius 1 is 1.60 bits per heavy atom. The highest BCUT2D eigenvalue weighted by molar-refractivity contribution is 6.33. The van der Waals surface area contributed by atoms with Gasteiger partial charge in [0.1, 0.15) is 0 Å². The third kappa shape index (κ3) is 1.41. The van der Waals surface area contributed by atoms with Crippen LogP contribution in [0.4, 0.5) is 0 Å². The van der Waals surface area contributed by atoms with Gasteiger partial charge in [0.25, 0.3) is 0 Å². The predicted molar refractivity (Wildman–Crippen MR) is 53.7 cm³/mol. The van der Waals surface area contributed by atoms with Gasteiger partial charge in [-0.3, -0.25) is 4.40 Å². The van der Waals surface area contributed by atoms with Crippen molar-refractivity contribution in [1.82, 2.24) is 9.38 Å². The molecule has 0 fully saturated rings. The zero-order chi connectivity index (χ0) is 11.0. The highest BCUT2D eigenvalue weighted by Crippen LogP contribution is 2.23. The Morgan fingerprint density at radius 3 is 2.93 bits per heavy atom. The average Bonchev–Trinajstić information content (AvgIpc) is 2.56. The molecule has 15 heavy (non-hydrogen) atoms. The summed E-state index contributed by atoms with van der Waals surface area (Å²) in [6, 6.07) is 5.02. The molecule has 2 aromatic rings. The molecule has 78 valence electrons. The van der Waals surface area contributed by atoms with Crippen molar-refractivity contribution in [3.8, 4) is 5.88 Å². The van der Waals surface area contributed by atoms with E-state index in [1.165, 1.54) is 11.5 Å². The van der Waals surface area contributed by atoms with Gasteiger partial charge in [-0.25, -0.2) is 9.78 Å². The zero-order valence-electron chi connectivity index (χ0n) is 7.77. The fraction of sp³-hybridized carbons (Fsp3) is 0.111. The maximum atomic E-state index is 10.9. The van der Waals surface area contributed by atoms with E-state index < -0.39 is 5.97 Å². The van der Waals surface area contributed by atoms with E-state index in [1.54, 1.807) is 18.2 Å². The number of hydrogen-bond acceptors (Lipinski definition) is 3. The number of halogens is 1. The fourth-order valence-corrected chi connectivity index (χ4v) is 1.60. The summed E-state index contributed by atoms with van der Waals surface area (Å²) in [4.78, 5) is 14.6. The van der Waals surface area contributed by atoms with Crippen molar-refractivity contribution >= 4 is 23.1 Å². The van der Waals surface area contributed by atoms with Crippen LogP contribution >= 0.6 is 11.6 Å². The number of aromatic carboxylic acids is 1. The van der Waals surface area contributed by atoms with Gasteiger partial charge in [0.2, 0.25) is 5.82 Å². The van der Waals surface area contributed by atoms with Crippen LogP contribution in [0.15, 0.2) is 18.2 Å². The first-order valence-corrected chi connectivity index (χ1v) is 4.47. The summed E-state index contributed by atoms with van der Waals surface area (Å²) in [7, 11) is 1.45. The summed E-state index contributed by atoms with van der Waals surface area (Å²) >= 11 is 5.80. The predicted octanol–water partition coefficient (Wildman–Crippen LogP) is 1.69. The Balaban J connectivity index is 2.88. The maximum absolute atomic E-state index is 10.9. The standard InChI is InChI=1S/C9H7ClN2O3/c1-15-6-4-2-3-5-7(10)11-8(9(13)14)12(5)6/h2-4H,1H3,(H,13,14). The number of imidazole rings is 1. The molecule has 0 aromatic carbocycles. The minimum Gasteiger partial charge on any atom is -0.482 e. The van der Waals surface area contributed by atoms with Crippen molar-refractivity contribution in [1.29, 1.82) is 0 Å². The van der Waals surface area contributed by atoms with Gasteiger partial charge in [0.05, 0.1) is 12.6 Å². The number of rotatable bonds is 2. The van der Waals surface area contributed by atoms with Crippen molar-refractivity contribution < 1.29 is 14.6 Å². The van der Waals surface area contributed by atoms with E-state index in [4.69, 9.17) is 21.4 Å². The lowest BCUT2D eigenvalue weighted by Gasteiger charge is -2.04. The molecule has 0 atom stereocenters. The van der Waals surface area contributed by atoms with Crippen LogP contribution in [0.2, 0.25) is 5.15 Å². The lowest BCUT2D eigenvalue weighted by Crippen LogP contribution is -2.05. The summed E-state index contributed by atoms with van der Waals surface area (Å²) < 4.78 is 6.38. The van der Waals surface area contributed by atoms with Crippen molar-refractivity contribution in [2.24, 2.45) is 0 Å². The van der Waals surface area contributed by atoms with Gasteiger partial charge in [0, 0.05) is 0 Å². The molecule has 2 rings (SSSR count). The lowest BCUT2D eigenvalue weighted by atomic mass is 10.4. The van der Waals surface area contributed by atoms with E-state index in [1.807, 2.05) is 0 Å². The Bertz CT molecular complexity index is 535. The van der Waals surface area contributed by atoms with Crippen LogP contribution < -0.4 is 4.74 Å². The first-order valence-electron chi connectivity index (χ1n) is 4.09. The second kappa shape index (κ2) is 3.43. The van der Waals surface area contributed by atoms with E-state index in [9.17, 15) is 4.79 Å². The molecule has 0 radical (unpaired) electrons. The van der Waals surface area contributed by atoms with Crippen molar-refractivity contribution in [3.05, 3.63) is 29.2 Å². The molecule has 6 heteroatoms. The van der Waals surface area contributed by atoms with Gasteiger partial charge in [0.15, 0.2) is 11.0 Å². The molecule has 0 saturated carbocycles. The van der Waals surface area contributed by atoms with Crippen LogP contribution in [-0.4, -0.2) is 27.6 Å². The molecule has 0 saturated heterocycles. The third-order valence-corrected chi connectivity index (χ3v) is 2.26. The van der Waals surface area contributed by atoms with Gasteiger partial charge in [-0.2, -0.15) is 0 Å². The summed E-state index contributed by atoms with van der Waals surface area (Å²) in [6.07, 6.45) is 0. The SMILES string of the molecule is COc1cccc2c(Cl)nc(C(=O)O)n12. The highest BCUT2D eigenvalue weighted by Gasteiger charge is 2.17. The van der Waals surface area contributed by atoms with Crippen LogP contribution in [0.1, 0.15) is 10.6 Å². The van der Waals surface area contributed by atoms with Gasteiger partial charge in [-0.15, -0.1) is 0 Å². The van der Waals surface area contributed by atoms with Crippen LogP contribution in [-0.2, 0) is 0 Å². The number of methoxy groups -OCH3 is 1. The first-order chi connectivity index (χ1) is 7.15. The number of fused-ring (bicyclic) bond motifs is 1. The van der Waals surface area contributed by atoms with Gasteiger partial charge in [-0.05, 0) is 12.1 Å². The van der Waals surface area contributed by atoms with E-state index in [0.29, 0.717) is 11.4 Å². The number of carboxylic acids is 1. The second-order valence-corrected chi connectivity index (χ2v) is 3.18. The number of carbonyl (C=O) groups is 1. The summed E-state index contributed by atoms with van der Waals surface area (Å²) in [5.74, 6) is -0.932. The van der Waals surface area contributed by atoms with Crippen molar-refractivity contribution in [2.45, 2.75) is 0 Å². The molecule has 0 aliphatic rings. The number of carboxylic acid groups (broad SMARTS) is 1. The quantitative estimate of drug-likeness (QED) is 0.847. The maximum Gasteiger partial charge on any atom is 0.372 e. The highest BCUT2D eigenvalue weighted by atomic mass is 35.5. The van der Waals surface area contributed by atoms with E-state index in [2.05, 4.69) is 4.98 Å². The van der Waals surface area contributed by atoms with Crippen molar-refractivity contribution in [3.63, 3.8) is 0 Å². The molecule has 2 heterocycles. The van der Waals surface area contributed by atoms with Crippen LogP contribution in [0, 0.1) is 0 Å². The first kappa shape index (κ1) is 9.79. The number of nitrogens with zero attached hydrogens (tertiary/aromatic N) is 2. The Kier molecular flexibility index (Phi) is 2.24. The van der Waals surface area contributed by atoms with Gasteiger partial charge in [-0.1, -0.05) is 17.7 Å². The monoisotopic (exact) mass is 226 g/mol. The molecule has 0 aliphatic carbocycles. The number of pyridine rings is 1. The topological polar surface area (TPSA) is 63.8 Å². The molecule has 1 N–H and O–H groups in total. The summed E-state index contributed by atoms with van der Waals surface area (Å²) in [6.45, 7) is 0.